The number of rotatable bonds is 9. The number of dihydropyridines is 1. The van der Waals surface area contributed by atoms with Crippen LogP contribution in [0.3, 0.4) is 0 Å². The summed E-state index contributed by atoms with van der Waals surface area (Å²) in [6.07, 6.45) is 4.06. The van der Waals surface area contributed by atoms with Gasteiger partial charge in [0.25, 0.3) is 0 Å². The summed E-state index contributed by atoms with van der Waals surface area (Å²) in [6, 6.07) is 16.6. The average Bonchev–Trinajstić information content (AvgIpc) is 3.01. The first-order valence-corrected chi connectivity index (χ1v) is 14.6. The Bertz CT molecular complexity index is 1540. The molecule has 3 aromatic rings. The number of methoxy groups -OCH3 is 2. The smallest absolute Gasteiger partial charge is 0.128 e. The van der Waals surface area contributed by atoms with Gasteiger partial charge in [-0.25, -0.2) is 0 Å². The molecule has 226 valence electrons. The Morgan fingerprint density at radius 1 is 0.953 bits per heavy atom. The molecule has 0 saturated carbocycles. The fourth-order valence-electron chi connectivity index (χ4n) is 6.23. The molecule has 0 unspecified atom stereocenters. The zero-order valence-corrected chi connectivity index (χ0v) is 24.4. The minimum Gasteiger partial charge on any atom is -0.508 e. The number of ether oxygens (including phenoxy) is 5. The third-order valence-electron chi connectivity index (χ3n) is 8.45. The quantitative estimate of drug-likeness (QED) is 0.286. The van der Waals surface area contributed by atoms with Crippen LogP contribution in [0.4, 0.5) is 0 Å². The van der Waals surface area contributed by atoms with Crippen molar-refractivity contribution in [3.05, 3.63) is 100 Å². The van der Waals surface area contributed by atoms with Crippen LogP contribution in [0, 0.1) is 11.8 Å². The fraction of sp³-hybridized carbons (Fsp3) is 0.353. The van der Waals surface area contributed by atoms with Crippen molar-refractivity contribution in [3.8, 4) is 28.7 Å². The van der Waals surface area contributed by atoms with Crippen molar-refractivity contribution >= 4 is 0 Å². The van der Waals surface area contributed by atoms with E-state index in [1.54, 1.807) is 26.4 Å². The van der Waals surface area contributed by atoms with E-state index in [2.05, 4.69) is 11.4 Å². The highest BCUT2D eigenvalue weighted by Gasteiger charge is 2.44. The Morgan fingerprint density at radius 3 is 2.56 bits per heavy atom. The molecule has 9 heteroatoms. The highest BCUT2D eigenvalue weighted by Crippen LogP contribution is 2.49. The maximum Gasteiger partial charge on any atom is 0.128 e. The van der Waals surface area contributed by atoms with Crippen molar-refractivity contribution < 1.29 is 33.9 Å². The van der Waals surface area contributed by atoms with Crippen LogP contribution in [0.1, 0.15) is 40.9 Å². The van der Waals surface area contributed by atoms with Gasteiger partial charge in [0.05, 0.1) is 52.1 Å². The Hall–Kier alpha value is -4.34. The van der Waals surface area contributed by atoms with Crippen molar-refractivity contribution in [1.82, 2.24) is 5.32 Å². The summed E-state index contributed by atoms with van der Waals surface area (Å²) in [6.45, 7) is 1.82. The van der Waals surface area contributed by atoms with E-state index in [1.807, 2.05) is 48.5 Å². The van der Waals surface area contributed by atoms with Crippen LogP contribution >= 0.6 is 0 Å². The Labute approximate surface area is 251 Å². The second-order valence-corrected chi connectivity index (χ2v) is 11.2. The van der Waals surface area contributed by atoms with Crippen LogP contribution < -0.4 is 30.0 Å². The molecule has 9 nitrogen and oxygen atoms in total. The van der Waals surface area contributed by atoms with Gasteiger partial charge in [-0.15, -0.1) is 0 Å². The molecular formula is C34H38N2O7. The Kier molecular flexibility index (Phi) is 8.35. The minimum atomic E-state index is -0.844. The Balaban J connectivity index is 1.29. The summed E-state index contributed by atoms with van der Waals surface area (Å²) in [4.78, 5) is 0. The van der Waals surface area contributed by atoms with E-state index in [-0.39, 0.29) is 30.3 Å². The molecule has 5 N–H and O–H groups in total. The maximum atomic E-state index is 11.9. The van der Waals surface area contributed by atoms with Crippen molar-refractivity contribution in [3.63, 3.8) is 0 Å². The van der Waals surface area contributed by atoms with Crippen LogP contribution in [0.5, 0.6) is 28.7 Å². The number of hydrogen-bond donors (Lipinski definition) is 4. The predicted molar refractivity (Wildman–Crippen MR) is 161 cm³/mol. The Morgan fingerprint density at radius 2 is 1.77 bits per heavy atom. The fourth-order valence-corrected chi connectivity index (χ4v) is 6.23. The molecule has 43 heavy (non-hydrogen) atoms. The maximum absolute atomic E-state index is 11.9. The van der Waals surface area contributed by atoms with Gasteiger partial charge in [0, 0.05) is 41.5 Å². The van der Waals surface area contributed by atoms with E-state index in [1.165, 1.54) is 0 Å². The highest BCUT2D eigenvalue weighted by atomic mass is 16.5. The van der Waals surface area contributed by atoms with Crippen molar-refractivity contribution in [2.45, 2.75) is 25.0 Å². The normalized spacial score (nSPS) is 22.5. The topological polar surface area (TPSA) is 125 Å². The molecule has 3 heterocycles. The van der Waals surface area contributed by atoms with Gasteiger partial charge in [0.1, 0.15) is 28.7 Å². The molecular weight excluding hydrogens is 548 g/mol. The van der Waals surface area contributed by atoms with E-state index >= 15 is 0 Å². The number of phenolic OH excluding ortho intramolecular Hbond substituents is 1. The summed E-state index contributed by atoms with van der Waals surface area (Å²) in [5.41, 5.74) is 10.4. The molecule has 0 spiro atoms. The van der Waals surface area contributed by atoms with Crippen molar-refractivity contribution in [2.75, 3.05) is 40.6 Å². The number of aliphatic hydroxyl groups excluding tert-OH is 1. The molecule has 4 atom stereocenters. The minimum absolute atomic E-state index is 0.200. The first-order valence-electron chi connectivity index (χ1n) is 14.6. The van der Waals surface area contributed by atoms with Crippen LogP contribution in [0.25, 0.3) is 0 Å². The first kappa shape index (κ1) is 28.8. The van der Waals surface area contributed by atoms with Crippen LogP contribution in [0.15, 0.2) is 78.1 Å². The predicted octanol–water partition coefficient (Wildman–Crippen LogP) is 4.53. The van der Waals surface area contributed by atoms with Gasteiger partial charge < -0.3 is 44.9 Å². The van der Waals surface area contributed by atoms with Gasteiger partial charge >= 0.3 is 0 Å². The second kappa shape index (κ2) is 12.5. The lowest BCUT2D eigenvalue weighted by molar-refractivity contribution is -0.0833. The molecule has 0 saturated heterocycles. The van der Waals surface area contributed by atoms with E-state index in [4.69, 9.17) is 29.4 Å². The molecule has 6 rings (SSSR count). The number of nitrogens with one attached hydrogen (secondary N) is 1. The van der Waals surface area contributed by atoms with Crippen molar-refractivity contribution in [1.29, 1.82) is 0 Å². The third kappa shape index (κ3) is 6.09. The molecule has 3 aromatic carbocycles. The molecule has 0 amide bonds. The average molecular weight is 587 g/mol. The lowest BCUT2D eigenvalue weighted by Gasteiger charge is -2.42. The number of aromatic hydroxyl groups is 1. The molecule has 0 aromatic heterocycles. The molecule has 0 radical (unpaired) electrons. The molecule has 3 aliphatic rings. The van der Waals surface area contributed by atoms with E-state index < -0.39 is 6.10 Å². The number of benzene rings is 3. The number of nitrogens with two attached hydrogens (primary N) is 1. The standard InChI is InChI=1S/C34H38N2O7/c1-39-24-6-7-30-26(16-24)34(41-11-9-20-8-10-36-31(35)14-20)29(19-42-30)28-18-43-33-22(12-21-4-3-5-23(37)13-21)15-25(40-2)17-27(33)32(28)38/h3-8,13-17,28-29,32,34,36-38H,9-12,18-19,35H2,1-2H3/t28-,29+,32-,34+/m1/s1. The summed E-state index contributed by atoms with van der Waals surface area (Å²) in [7, 11) is 3.24. The highest BCUT2D eigenvalue weighted by molar-refractivity contribution is 5.52. The van der Waals surface area contributed by atoms with Gasteiger partial charge in [0.2, 0.25) is 0 Å². The van der Waals surface area contributed by atoms with Gasteiger partial charge in [-0.05, 0) is 66.1 Å². The molecule has 0 bridgehead atoms. The van der Waals surface area contributed by atoms with Crippen LogP contribution in [0.2, 0.25) is 0 Å². The molecule has 0 fully saturated rings. The summed E-state index contributed by atoms with van der Waals surface area (Å²) in [5.74, 6) is 3.06. The van der Waals surface area contributed by atoms with E-state index in [0.29, 0.717) is 61.2 Å². The SMILES string of the molecule is COc1cc(Cc2cccc(O)c2)c2c(c1)[C@@H](O)[C@@H]([C@@H]1COc3ccc(OC)cc3[C@@H]1OCCC1=CCNC(N)=C1)CO2. The lowest BCUT2D eigenvalue weighted by atomic mass is 9.77. The number of phenols is 1. The van der Waals surface area contributed by atoms with Crippen molar-refractivity contribution in [2.24, 2.45) is 17.6 Å². The zero-order valence-electron chi connectivity index (χ0n) is 24.4. The van der Waals surface area contributed by atoms with Gasteiger partial charge in [0.15, 0.2) is 0 Å². The lowest BCUT2D eigenvalue weighted by Crippen LogP contribution is -2.41. The first-order chi connectivity index (χ1) is 20.9. The summed E-state index contributed by atoms with van der Waals surface area (Å²) >= 11 is 0. The van der Waals surface area contributed by atoms with Crippen LogP contribution in [-0.4, -0.2) is 50.8 Å². The van der Waals surface area contributed by atoms with E-state index in [9.17, 15) is 10.2 Å². The van der Waals surface area contributed by atoms with Gasteiger partial charge in [-0.2, -0.15) is 0 Å². The number of aliphatic hydroxyl groups is 1. The zero-order chi connectivity index (χ0) is 29.9. The molecule has 0 aliphatic carbocycles. The monoisotopic (exact) mass is 586 g/mol. The number of fused-ring (bicyclic) bond motifs is 2. The van der Waals surface area contributed by atoms with Gasteiger partial charge in [-0.1, -0.05) is 18.2 Å². The van der Waals surface area contributed by atoms with E-state index in [0.717, 1.165) is 28.0 Å². The number of hydrogen-bond acceptors (Lipinski definition) is 9. The van der Waals surface area contributed by atoms with Gasteiger partial charge in [-0.3, -0.25) is 0 Å². The summed E-state index contributed by atoms with van der Waals surface area (Å²) in [5, 5.41) is 25.0. The second-order valence-electron chi connectivity index (χ2n) is 11.2. The molecule has 3 aliphatic heterocycles. The van der Waals surface area contributed by atoms with Crippen LogP contribution in [-0.2, 0) is 11.2 Å². The number of allylic oxidation sites excluding steroid dienone is 1. The third-order valence-corrected chi connectivity index (χ3v) is 8.45. The summed E-state index contributed by atoms with van der Waals surface area (Å²) < 4.78 is 30.4. The largest absolute Gasteiger partial charge is 0.508 e.